The molecule has 1 rings (SSSR count). The first kappa shape index (κ1) is 16.3. The number of hydrogen-bond donors (Lipinski definition) is 1. The molecule has 1 amide bonds. The Bertz CT molecular complexity index is 393. The first-order chi connectivity index (χ1) is 9.67. The van der Waals surface area contributed by atoms with Crippen LogP contribution < -0.4 is 14.8 Å². The van der Waals surface area contributed by atoms with E-state index in [1.807, 2.05) is 31.3 Å². The molecule has 5 heteroatoms. The maximum absolute atomic E-state index is 11.8. The highest BCUT2D eigenvalue weighted by molar-refractivity contribution is 5.77. The number of likely N-dealkylation sites (N-methyl/N-ethyl adjacent to an activating group) is 2. The van der Waals surface area contributed by atoms with E-state index in [9.17, 15) is 4.79 Å². The van der Waals surface area contributed by atoms with Crippen LogP contribution in [0, 0.1) is 0 Å². The van der Waals surface area contributed by atoms with Crippen LogP contribution in [0.4, 0.5) is 0 Å². The van der Waals surface area contributed by atoms with E-state index in [0.29, 0.717) is 18.9 Å². The molecule has 5 nitrogen and oxygen atoms in total. The maximum Gasteiger partial charge on any atom is 0.260 e. The van der Waals surface area contributed by atoms with E-state index in [2.05, 4.69) is 12.2 Å². The largest absolute Gasteiger partial charge is 0.494 e. The lowest BCUT2D eigenvalue weighted by Gasteiger charge is -2.17. The fourth-order valence-electron chi connectivity index (χ4n) is 1.51. The molecule has 0 fully saturated rings. The molecule has 0 atom stereocenters. The molecule has 0 bridgehead atoms. The van der Waals surface area contributed by atoms with Crippen LogP contribution in [0.25, 0.3) is 0 Å². The lowest BCUT2D eigenvalue weighted by atomic mass is 10.3. The van der Waals surface area contributed by atoms with Gasteiger partial charge in [0, 0.05) is 20.1 Å². The second-order valence-corrected chi connectivity index (χ2v) is 4.53. The Balaban J connectivity index is 2.35. The molecule has 1 aromatic rings. The highest BCUT2D eigenvalue weighted by Gasteiger charge is 2.08. The van der Waals surface area contributed by atoms with Crippen molar-refractivity contribution in [2.24, 2.45) is 0 Å². The van der Waals surface area contributed by atoms with Gasteiger partial charge in [-0.2, -0.15) is 0 Å². The van der Waals surface area contributed by atoms with Crippen LogP contribution in [0.3, 0.4) is 0 Å². The van der Waals surface area contributed by atoms with Gasteiger partial charge >= 0.3 is 0 Å². The van der Waals surface area contributed by atoms with E-state index in [1.54, 1.807) is 11.9 Å². The monoisotopic (exact) mass is 280 g/mol. The Morgan fingerprint density at radius 1 is 1.20 bits per heavy atom. The highest BCUT2D eigenvalue weighted by atomic mass is 16.5. The topological polar surface area (TPSA) is 50.8 Å². The Hall–Kier alpha value is -1.75. The number of nitrogens with one attached hydrogen (secondary N) is 1. The fraction of sp³-hybridized carbons (Fsp3) is 0.533. The summed E-state index contributed by atoms with van der Waals surface area (Å²) in [5.74, 6) is 1.45. The van der Waals surface area contributed by atoms with Crippen molar-refractivity contribution in [1.29, 1.82) is 0 Å². The van der Waals surface area contributed by atoms with Gasteiger partial charge in [0.15, 0.2) is 6.61 Å². The van der Waals surface area contributed by atoms with Gasteiger partial charge in [-0.1, -0.05) is 6.92 Å². The van der Waals surface area contributed by atoms with Gasteiger partial charge in [-0.15, -0.1) is 0 Å². The van der Waals surface area contributed by atoms with Crippen molar-refractivity contribution in [1.82, 2.24) is 10.2 Å². The van der Waals surface area contributed by atoms with Gasteiger partial charge in [-0.05, 0) is 37.7 Å². The lowest BCUT2D eigenvalue weighted by molar-refractivity contribution is -0.131. The number of rotatable bonds is 9. The Morgan fingerprint density at radius 2 is 1.80 bits per heavy atom. The summed E-state index contributed by atoms with van der Waals surface area (Å²) in [5.41, 5.74) is 0. The van der Waals surface area contributed by atoms with Crippen molar-refractivity contribution < 1.29 is 14.3 Å². The molecular weight excluding hydrogens is 256 g/mol. The molecule has 0 aliphatic heterocycles. The molecule has 0 saturated carbocycles. The van der Waals surface area contributed by atoms with E-state index >= 15 is 0 Å². The summed E-state index contributed by atoms with van der Waals surface area (Å²) in [6.45, 7) is 4.26. The molecule has 0 heterocycles. The minimum Gasteiger partial charge on any atom is -0.494 e. The van der Waals surface area contributed by atoms with Crippen molar-refractivity contribution in [3.05, 3.63) is 24.3 Å². The third kappa shape index (κ3) is 5.93. The van der Waals surface area contributed by atoms with Gasteiger partial charge in [0.1, 0.15) is 11.5 Å². The van der Waals surface area contributed by atoms with Crippen LogP contribution in [0.15, 0.2) is 24.3 Å². The molecule has 0 aliphatic rings. The van der Waals surface area contributed by atoms with Crippen LogP contribution in [0.5, 0.6) is 11.5 Å². The number of amides is 1. The van der Waals surface area contributed by atoms with Crippen molar-refractivity contribution in [2.75, 3.05) is 40.4 Å². The van der Waals surface area contributed by atoms with Crippen molar-refractivity contribution in [2.45, 2.75) is 13.3 Å². The van der Waals surface area contributed by atoms with Crippen LogP contribution in [0.2, 0.25) is 0 Å². The van der Waals surface area contributed by atoms with Gasteiger partial charge in [0.05, 0.1) is 6.61 Å². The maximum atomic E-state index is 11.8. The van der Waals surface area contributed by atoms with Crippen LogP contribution in [-0.2, 0) is 4.79 Å². The minimum atomic E-state index is -0.0356. The molecular formula is C15H24N2O3. The average Bonchev–Trinajstić information content (AvgIpc) is 2.49. The molecule has 1 aromatic carbocycles. The quantitative estimate of drug-likeness (QED) is 0.745. The predicted octanol–water partition coefficient (Wildman–Crippen LogP) is 1.53. The molecule has 0 unspecified atom stereocenters. The van der Waals surface area contributed by atoms with Gasteiger partial charge in [0.2, 0.25) is 0 Å². The Morgan fingerprint density at radius 3 is 2.35 bits per heavy atom. The number of hydrogen-bond acceptors (Lipinski definition) is 4. The summed E-state index contributed by atoms with van der Waals surface area (Å²) in [5, 5.41) is 3.00. The second-order valence-electron chi connectivity index (χ2n) is 4.53. The van der Waals surface area contributed by atoms with Crippen molar-refractivity contribution in [3.63, 3.8) is 0 Å². The summed E-state index contributed by atoms with van der Waals surface area (Å²) in [4.78, 5) is 13.4. The molecule has 0 spiro atoms. The third-order valence-corrected chi connectivity index (χ3v) is 2.78. The number of nitrogens with zero attached hydrogens (tertiary/aromatic N) is 1. The number of benzene rings is 1. The molecule has 1 N–H and O–H groups in total. The smallest absolute Gasteiger partial charge is 0.260 e. The van der Waals surface area contributed by atoms with Gasteiger partial charge < -0.3 is 19.7 Å². The Kier molecular flexibility index (Phi) is 7.50. The molecule has 20 heavy (non-hydrogen) atoms. The van der Waals surface area contributed by atoms with Crippen LogP contribution in [-0.4, -0.2) is 51.2 Å². The van der Waals surface area contributed by atoms with Gasteiger partial charge in [-0.3, -0.25) is 4.79 Å². The summed E-state index contributed by atoms with van der Waals surface area (Å²) < 4.78 is 10.9. The molecule has 112 valence electrons. The van der Waals surface area contributed by atoms with E-state index in [0.717, 1.165) is 18.7 Å². The normalized spacial score (nSPS) is 10.2. The van der Waals surface area contributed by atoms with E-state index < -0.39 is 0 Å². The number of ether oxygens (including phenoxy) is 2. The average molecular weight is 280 g/mol. The highest BCUT2D eigenvalue weighted by Crippen LogP contribution is 2.17. The summed E-state index contributed by atoms with van der Waals surface area (Å²) in [6.07, 6.45) is 0.978. The third-order valence-electron chi connectivity index (χ3n) is 2.78. The summed E-state index contributed by atoms with van der Waals surface area (Å²) >= 11 is 0. The predicted molar refractivity (Wildman–Crippen MR) is 79.3 cm³/mol. The fourth-order valence-corrected chi connectivity index (χ4v) is 1.51. The molecule has 0 aromatic heterocycles. The number of carbonyl (C=O) groups is 1. The van der Waals surface area contributed by atoms with E-state index in [-0.39, 0.29) is 12.5 Å². The molecule has 0 saturated heterocycles. The number of carbonyl (C=O) groups excluding carboxylic acids is 1. The zero-order chi connectivity index (χ0) is 14.8. The standard InChI is InChI=1S/C15H24N2O3/c1-4-11-19-13-5-7-14(8-6-13)20-12-15(18)17(3)10-9-16-2/h5-8,16H,4,9-12H2,1-3H3. The van der Waals surface area contributed by atoms with E-state index in [1.165, 1.54) is 0 Å². The van der Waals surface area contributed by atoms with Gasteiger partial charge in [0.25, 0.3) is 5.91 Å². The zero-order valence-electron chi connectivity index (χ0n) is 12.5. The Labute approximate surface area is 120 Å². The van der Waals surface area contributed by atoms with Crippen molar-refractivity contribution >= 4 is 5.91 Å². The summed E-state index contributed by atoms with van der Waals surface area (Å²) in [6, 6.07) is 7.32. The first-order valence-corrected chi connectivity index (χ1v) is 6.91. The SMILES string of the molecule is CCCOc1ccc(OCC(=O)N(C)CCNC)cc1. The van der Waals surface area contributed by atoms with E-state index in [4.69, 9.17) is 9.47 Å². The zero-order valence-corrected chi connectivity index (χ0v) is 12.5. The molecule has 0 radical (unpaired) electrons. The minimum absolute atomic E-state index is 0.0356. The second kappa shape index (κ2) is 9.20. The first-order valence-electron chi connectivity index (χ1n) is 6.91. The summed E-state index contributed by atoms with van der Waals surface area (Å²) in [7, 11) is 3.63. The molecule has 0 aliphatic carbocycles. The lowest BCUT2D eigenvalue weighted by Crippen LogP contribution is -2.35. The van der Waals surface area contributed by atoms with Crippen LogP contribution in [0.1, 0.15) is 13.3 Å². The van der Waals surface area contributed by atoms with Gasteiger partial charge in [-0.25, -0.2) is 0 Å². The van der Waals surface area contributed by atoms with Crippen LogP contribution >= 0.6 is 0 Å². The van der Waals surface area contributed by atoms with Crippen molar-refractivity contribution in [3.8, 4) is 11.5 Å².